The minimum Gasteiger partial charge on any atom is -0.384 e. The second kappa shape index (κ2) is 7.31. The molecule has 18 heavy (non-hydrogen) atoms. The third kappa shape index (κ3) is 3.59. The Morgan fingerprint density at radius 2 is 2.06 bits per heavy atom. The Morgan fingerprint density at radius 3 is 2.56 bits per heavy atom. The van der Waals surface area contributed by atoms with Gasteiger partial charge in [0, 0.05) is 13.7 Å². The summed E-state index contributed by atoms with van der Waals surface area (Å²) in [6.45, 7) is 3.24. The lowest BCUT2D eigenvalue weighted by atomic mass is 9.78. The molecule has 0 bridgehead atoms. The number of nitrogens with one attached hydrogen (secondary N) is 2. The van der Waals surface area contributed by atoms with Gasteiger partial charge >= 0.3 is 0 Å². The van der Waals surface area contributed by atoms with Crippen LogP contribution in [0.1, 0.15) is 32.1 Å². The van der Waals surface area contributed by atoms with Gasteiger partial charge in [0.25, 0.3) is 0 Å². The summed E-state index contributed by atoms with van der Waals surface area (Å²) in [6, 6.07) is 0. The monoisotopic (exact) mass is 276 g/mol. The minimum atomic E-state index is -0.288. The summed E-state index contributed by atoms with van der Waals surface area (Å²) in [4.78, 5) is 12.3. The molecule has 4 nitrogen and oxygen atoms in total. The molecule has 0 spiro atoms. The van der Waals surface area contributed by atoms with Gasteiger partial charge in [0.1, 0.15) is 0 Å². The number of carbonyl (C=O) groups is 1. The zero-order valence-electron chi connectivity index (χ0n) is 11.2. The van der Waals surface area contributed by atoms with Gasteiger partial charge in [-0.05, 0) is 44.7 Å². The smallest absolute Gasteiger partial charge is 0.228 e. The molecule has 1 aliphatic heterocycles. The molecule has 2 aliphatic rings. The molecule has 0 aromatic rings. The summed E-state index contributed by atoms with van der Waals surface area (Å²) in [6.07, 6.45) is 5.65. The topological polar surface area (TPSA) is 50.4 Å². The van der Waals surface area contributed by atoms with Crippen molar-refractivity contribution in [2.75, 3.05) is 33.4 Å². The number of halogens is 1. The highest BCUT2D eigenvalue weighted by Crippen LogP contribution is 2.30. The molecular weight excluding hydrogens is 252 g/mol. The van der Waals surface area contributed by atoms with E-state index in [-0.39, 0.29) is 23.7 Å². The fourth-order valence-electron chi connectivity index (χ4n) is 2.74. The molecule has 106 valence electrons. The summed E-state index contributed by atoms with van der Waals surface area (Å²) in [5.41, 5.74) is -0.288. The summed E-state index contributed by atoms with van der Waals surface area (Å²) < 4.78 is 5.26. The van der Waals surface area contributed by atoms with Crippen molar-refractivity contribution in [1.29, 1.82) is 0 Å². The first-order chi connectivity index (χ1) is 8.27. The van der Waals surface area contributed by atoms with Crippen LogP contribution in [0, 0.1) is 11.3 Å². The Kier molecular flexibility index (Phi) is 6.39. The lowest BCUT2D eigenvalue weighted by Gasteiger charge is -2.36. The summed E-state index contributed by atoms with van der Waals surface area (Å²) in [5.74, 6) is 0.924. The maximum atomic E-state index is 12.3. The summed E-state index contributed by atoms with van der Waals surface area (Å²) >= 11 is 0. The molecule has 0 radical (unpaired) electrons. The molecule has 2 N–H and O–H groups in total. The molecule has 2 fully saturated rings. The standard InChI is InChI=1S/C13H24N2O2.ClH/c1-17-10-13(5-7-14-8-6-13)12(16)15-9-11-3-2-4-11;/h11,14H,2-10H2,1H3,(H,15,16);1H. The molecule has 1 saturated carbocycles. The largest absolute Gasteiger partial charge is 0.384 e. The average Bonchev–Trinajstić information content (AvgIpc) is 2.28. The van der Waals surface area contributed by atoms with Crippen molar-refractivity contribution in [1.82, 2.24) is 10.6 Å². The number of ether oxygens (including phenoxy) is 1. The fourth-order valence-corrected chi connectivity index (χ4v) is 2.74. The van der Waals surface area contributed by atoms with Gasteiger partial charge in [0.2, 0.25) is 5.91 Å². The van der Waals surface area contributed by atoms with Gasteiger partial charge < -0.3 is 15.4 Å². The molecular formula is C13H25ClN2O2. The van der Waals surface area contributed by atoms with E-state index >= 15 is 0 Å². The van der Waals surface area contributed by atoms with Gasteiger partial charge in [-0.2, -0.15) is 0 Å². The van der Waals surface area contributed by atoms with E-state index in [2.05, 4.69) is 10.6 Å². The molecule has 1 amide bonds. The summed E-state index contributed by atoms with van der Waals surface area (Å²) in [7, 11) is 1.68. The van der Waals surface area contributed by atoms with Crippen LogP contribution >= 0.6 is 12.4 Å². The molecule has 5 heteroatoms. The van der Waals surface area contributed by atoms with Gasteiger partial charge in [-0.1, -0.05) is 6.42 Å². The van der Waals surface area contributed by atoms with Crippen molar-refractivity contribution in [2.24, 2.45) is 11.3 Å². The van der Waals surface area contributed by atoms with E-state index in [4.69, 9.17) is 4.74 Å². The van der Waals surface area contributed by atoms with E-state index in [9.17, 15) is 4.79 Å². The van der Waals surface area contributed by atoms with Crippen molar-refractivity contribution in [3.8, 4) is 0 Å². The van der Waals surface area contributed by atoms with Gasteiger partial charge in [-0.15, -0.1) is 12.4 Å². The predicted molar refractivity (Wildman–Crippen MR) is 74.0 cm³/mol. The summed E-state index contributed by atoms with van der Waals surface area (Å²) in [5, 5.41) is 6.44. The maximum absolute atomic E-state index is 12.3. The molecule has 1 saturated heterocycles. The molecule has 0 aromatic carbocycles. The van der Waals surface area contributed by atoms with Crippen LogP contribution in [-0.4, -0.2) is 39.3 Å². The van der Waals surface area contributed by atoms with E-state index in [0.717, 1.165) is 38.4 Å². The Hall–Kier alpha value is -0.320. The highest BCUT2D eigenvalue weighted by atomic mass is 35.5. The van der Waals surface area contributed by atoms with E-state index in [1.165, 1.54) is 19.3 Å². The van der Waals surface area contributed by atoms with E-state index in [1.807, 2.05) is 0 Å². The quantitative estimate of drug-likeness (QED) is 0.797. The number of hydrogen-bond acceptors (Lipinski definition) is 3. The molecule has 1 heterocycles. The van der Waals surface area contributed by atoms with Crippen LogP contribution in [0.25, 0.3) is 0 Å². The normalized spacial score (nSPS) is 22.7. The first-order valence-electron chi connectivity index (χ1n) is 6.75. The SMILES string of the molecule is COCC1(C(=O)NCC2CCC2)CCNCC1.Cl. The van der Waals surface area contributed by atoms with Gasteiger partial charge in [0.05, 0.1) is 12.0 Å². The number of hydrogen-bond donors (Lipinski definition) is 2. The van der Waals surface area contributed by atoms with E-state index in [1.54, 1.807) is 7.11 Å². The maximum Gasteiger partial charge on any atom is 0.228 e. The first kappa shape index (κ1) is 15.7. The number of piperidine rings is 1. The number of methoxy groups -OCH3 is 1. The highest BCUT2D eigenvalue weighted by Gasteiger charge is 2.39. The second-order valence-electron chi connectivity index (χ2n) is 5.47. The minimum absolute atomic E-state index is 0. The van der Waals surface area contributed by atoms with Crippen LogP contribution in [0.15, 0.2) is 0 Å². The van der Waals surface area contributed by atoms with Crippen LogP contribution in [0.2, 0.25) is 0 Å². The number of amides is 1. The zero-order chi connectivity index (χ0) is 12.1. The molecule has 1 aliphatic carbocycles. The van der Waals surface area contributed by atoms with Gasteiger partial charge in [0.15, 0.2) is 0 Å². The van der Waals surface area contributed by atoms with Gasteiger partial charge in [-0.25, -0.2) is 0 Å². The Labute approximate surface area is 116 Å². The third-order valence-electron chi connectivity index (χ3n) is 4.24. The zero-order valence-corrected chi connectivity index (χ0v) is 12.0. The lowest BCUT2D eigenvalue weighted by Crippen LogP contribution is -2.51. The molecule has 0 aromatic heterocycles. The van der Waals surface area contributed by atoms with Crippen molar-refractivity contribution < 1.29 is 9.53 Å². The van der Waals surface area contributed by atoms with E-state index in [0.29, 0.717) is 6.61 Å². The third-order valence-corrected chi connectivity index (χ3v) is 4.24. The predicted octanol–water partition coefficient (Wildman–Crippen LogP) is 1.34. The number of carbonyl (C=O) groups excluding carboxylic acids is 1. The Bertz CT molecular complexity index is 258. The van der Waals surface area contributed by atoms with Crippen molar-refractivity contribution >= 4 is 18.3 Å². The van der Waals surface area contributed by atoms with Crippen molar-refractivity contribution in [2.45, 2.75) is 32.1 Å². The van der Waals surface area contributed by atoms with Crippen LogP contribution in [-0.2, 0) is 9.53 Å². The highest BCUT2D eigenvalue weighted by molar-refractivity contribution is 5.85. The van der Waals surface area contributed by atoms with Crippen LogP contribution in [0.3, 0.4) is 0 Å². The molecule has 0 unspecified atom stereocenters. The van der Waals surface area contributed by atoms with Crippen molar-refractivity contribution in [3.05, 3.63) is 0 Å². The second-order valence-corrected chi connectivity index (χ2v) is 5.47. The van der Waals surface area contributed by atoms with Crippen LogP contribution in [0.5, 0.6) is 0 Å². The Balaban J connectivity index is 0.00000162. The average molecular weight is 277 g/mol. The number of rotatable bonds is 5. The molecule has 2 rings (SSSR count). The first-order valence-corrected chi connectivity index (χ1v) is 6.75. The molecule has 0 atom stereocenters. The Morgan fingerprint density at radius 1 is 1.39 bits per heavy atom. The van der Waals surface area contributed by atoms with Crippen LogP contribution < -0.4 is 10.6 Å². The van der Waals surface area contributed by atoms with Crippen molar-refractivity contribution in [3.63, 3.8) is 0 Å². The van der Waals surface area contributed by atoms with Gasteiger partial charge in [-0.3, -0.25) is 4.79 Å². The van der Waals surface area contributed by atoms with E-state index < -0.39 is 0 Å². The fraction of sp³-hybridized carbons (Fsp3) is 0.923. The van der Waals surface area contributed by atoms with Crippen LogP contribution in [0.4, 0.5) is 0 Å². The lowest BCUT2D eigenvalue weighted by molar-refractivity contribution is -0.136.